The Kier molecular flexibility index (Phi) is 11.3. The number of fused-ring (bicyclic) bond motifs is 1. The maximum atomic E-state index is 14.2. The van der Waals surface area contributed by atoms with Gasteiger partial charge in [0.15, 0.2) is 0 Å². The van der Waals surface area contributed by atoms with E-state index in [1.54, 1.807) is 38.2 Å². The lowest BCUT2D eigenvalue weighted by molar-refractivity contribution is -0.143. The van der Waals surface area contributed by atoms with Crippen molar-refractivity contribution in [2.24, 2.45) is 5.92 Å². The Morgan fingerprint density at radius 1 is 0.652 bits per heavy atom. The summed E-state index contributed by atoms with van der Waals surface area (Å²) in [5.74, 6) is -2.45. The minimum atomic E-state index is -0.995. The Morgan fingerprint density at radius 2 is 1.15 bits per heavy atom. The predicted molar refractivity (Wildman–Crippen MR) is 177 cm³/mol. The Balaban J connectivity index is 1.80. The van der Waals surface area contributed by atoms with Crippen LogP contribution in [-0.4, -0.2) is 77.6 Å². The maximum absolute atomic E-state index is 14.2. The van der Waals surface area contributed by atoms with Crippen LogP contribution in [0.15, 0.2) is 84.9 Å². The molecule has 46 heavy (non-hydrogen) atoms. The highest BCUT2D eigenvalue weighted by atomic mass is 16.2. The number of nitrogens with one attached hydrogen (secondary N) is 3. The van der Waals surface area contributed by atoms with Crippen molar-refractivity contribution in [1.82, 2.24) is 20.4 Å². The summed E-state index contributed by atoms with van der Waals surface area (Å²) in [5.41, 5.74) is 2.07. The molecule has 0 saturated heterocycles. The highest BCUT2D eigenvalue weighted by Gasteiger charge is 2.37. The number of likely N-dealkylation sites (N-methyl/N-ethyl adjacent to an activating group) is 2. The standard InChI is InChI=1S/C36H43N5O5/c1-23(2)20-29-36(46)41(5)31(22-26-16-10-7-11-17-26)33(43)38-28-19-13-12-18-27(28)32(42)37-24(3)35(45)40(4)30(34(44)39-29)21-25-14-8-6-9-15-25/h6-19,23-24,29-31H,20-22H2,1-5H3,(H,37,42)(H,38,43)(H,39,44)/t24-,29-,30-,31-/m0/s1. The van der Waals surface area contributed by atoms with Crippen LogP contribution in [0.4, 0.5) is 5.69 Å². The molecule has 3 N–H and O–H groups in total. The molecule has 0 unspecified atom stereocenters. The minimum absolute atomic E-state index is 0.0312. The number of carbonyl (C=O) groups excluding carboxylic acids is 5. The quantitative estimate of drug-likeness (QED) is 0.387. The third-order valence-electron chi connectivity index (χ3n) is 8.25. The van der Waals surface area contributed by atoms with Gasteiger partial charge in [0.05, 0.1) is 11.3 Å². The SMILES string of the molecule is CC(C)C[C@@H]1NC(=O)[C@H](Cc2ccccc2)N(C)C(=O)[C@H](C)NC(=O)c2ccccc2NC(=O)[C@H](Cc2ccccc2)N(C)C1=O. The molecule has 4 atom stereocenters. The Hall–Kier alpha value is -4.99. The first-order valence-corrected chi connectivity index (χ1v) is 15.6. The summed E-state index contributed by atoms with van der Waals surface area (Å²) in [7, 11) is 3.08. The molecule has 0 aromatic heterocycles. The van der Waals surface area contributed by atoms with Crippen LogP contribution in [0.5, 0.6) is 0 Å². The number of carbonyl (C=O) groups is 5. The minimum Gasteiger partial charge on any atom is -0.342 e. The summed E-state index contributed by atoms with van der Waals surface area (Å²) in [4.78, 5) is 72.0. The molecule has 0 radical (unpaired) electrons. The van der Waals surface area contributed by atoms with Gasteiger partial charge in [-0.05, 0) is 42.5 Å². The number of hydrogen-bond donors (Lipinski definition) is 3. The zero-order valence-electron chi connectivity index (χ0n) is 27.0. The van der Waals surface area contributed by atoms with E-state index in [1.807, 2.05) is 74.5 Å². The fourth-order valence-corrected chi connectivity index (χ4v) is 5.65. The fourth-order valence-electron chi connectivity index (χ4n) is 5.65. The van der Waals surface area contributed by atoms with Crippen LogP contribution >= 0.6 is 0 Å². The van der Waals surface area contributed by atoms with Crippen molar-refractivity contribution >= 4 is 35.2 Å². The Morgan fingerprint density at radius 3 is 1.72 bits per heavy atom. The molecule has 242 valence electrons. The summed E-state index contributed by atoms with van der Waals surface area (Å²) < 4.78 is 0. The molecule has 0 aliphatic carbocycles. The number of nitrogens with zero attached hydrogens (tertiary/aromatic N) is 2. The van der Waals surface area contributed by atoms with E-state index in [0.29, 0.717) is 6.42 Å². The number of benzene rings is 3. The lowest BCUT2D eigenvalue weighted by Gasteiger charge is -2.34. The van der Waals surface area contributed by atoms with Crippen molar-refractivity contribution in [1.29, 1.82) is 0 Å². The van der Waals surface area contributed by atoms with Crippen LogP contribution in [-0.2, 0) is 32.0 Å². The molecule has 10 heteroatoms. The fraction of sp³-hybridized carbons (Fsp3) is 0.361. The molecule has 0 bridgehead atoms. The van der Waals surface area contributed by atoms with Gasteiger partial charge in [-0.25, -0.2) is 0 Å². The van der Waals surface area contributed by atoms with Crippen molar-refractivity contribution < 1.29 is 24.0 Å². The van der Waals surface area contributed by atoms with E-state index in [1.165, 1.54) is 16.8 Å². The second-order valence-corrected chi connectivity index (χ2v) is 12.2. The van der Waals surface area contributed by atoms with E-state index < -0.39 is 53.7 Å². The summed E-state index contributed by atoms with van der Waals surface area (Å²) in [6, 6.07) is 21.3. The van der Waals surface area contributed by atoms with Crippen LogP contribution < -0.4 is 16.0 Å². The first-order valence-electron chi connectivity index (χ1n) is 15.6. The first-order chi connectivity index (χ1) is 22.0. The molecule has 1 aliphatic heterocycles. The number of anilines is 1. The van der Waals surface area contributed by atoms with Crippen LogP contribution in [0.1, 0.15) is 48.7 Å². The summed E-state index contributed by atoms with van der Waals surface area (Å²) in [5, 5.41) is 8.51. The van der Waals surface area contributed by atoms with Gasteiger partial charge in [0.2, 0.25) is 23.6 Å². The van der Waals surface area contributed by atoms with Crippen LogP contribution in [0.2, 0.25) is 0 Å². The van der Waals surface area contributed by atoms with E-state index in [9.17, 15) is 24.0 Å². The van der Waals surface area contributed by atoms with E-state index in [4.69, 9.17) is 0 Å². The van der Waals surface area contributed by atoms with Crippen molar-refractivity contribution in [2.75, 3.05) is 19.4 Å². The van der Waals surface area contributed by atoms with E-state index >= 15 is 0 Å². The summed E-state index contributed by atoms with van der Waals surface area (Å²) in [6.07, 6.45) is 0.714. The molecule has 0 fully saturated rings. The van der Waals surface area contributed by atoms with Gasteiger partial charge in [0, 0.05) is 26.9 Å². The zero-order valence-corrected chi connectivity index (χ0v) is 27.0. The molecule has 3 aromatic carbocycles. The first kappa shape index (κ1) is 33.9. The molecule has 0 spiro atoms. The number of para-hydroxylation sites is 1. The second-order valence-electron chi connectivity index (χ2n) is 12.2. The van der Waals surface area contributed by atoms with Gasteiger partial charge in [-0.15, -0.1) is 0 Å². The molecular weight excluding hydrogens is 582 g/mol. The third kappa shape index (κ3) is 8.38. The monoisotopic (exact) mass is 625 g/mol. The summed E-state index contributed by atoms with van der Waals surface area (Å²) >= 11 is 0. The normalized spacial score (nSPS) is 21.8. The second kappa shape index (κ2) is 15.3. The van der Waals surface area contributed by atoms with Gasteiger partial charge >= 0.3 is 0 Å². The predicted octanol–water partition coefficient (Wildman–Crippen LogP) is 3.43. The molecule has 1 heterocycles. The molecule has 3 aromatic rings. The molecule has 10 nitrogen and oxygen atoms in total. The number of amides is 5. The zero-order chi connectivity index (χ0) is 33.4. The van der Waals surface area contributed by atoms with E-state index in [0.717, 1.165) is 11.1 Å². The van der Waals surface area contributed by atoms with Crippen molar-refractivity contribution in [3.05, 3.63) is 102 Å². The molecular formula is C36H43N5O5. The molecule has 5 amide bonds. The van der Waals surface area contributed by atoms with E-state index in [2.05, 4.69) is 16.0 Å². The smallest absolute Gasteiger partial charge is 0.254 e. The highest BCUT2D eigenvalue weighted by molar-refractivity contribution is 6.07. The van der Waals surface area contributed by atoms with Crippen molar-refractivity contribution in [2.45, 2.75) is 64.2 Å². The van der Waals surface area contributed by atoms with Gasteiger partial charge in [-0.3, -0.25) is 24.0 Å². The van der Waals surface area contributed by atoms with Gasteiger partial charge in [0.1, 0.15) is 24.2 Å². The largest absolute Gasteiger partial charge is 0.342 e. The lowest BCUT2D eigenvalue weighted by atomic mass is 9.98. The number of hydrogen-bond acceptors (Lipinski definition) is 5. The summed E-state index contributed by atoms with van der Waals surface area (Å²) in [6.45, 7) is 5.45. The molecule has 1 aliphatic rings. The van der Waals surface area contributed by atoms with Gasteiger partial charge in [-0.1, -0.05) is 86.6 Å². The highest BCUT2D eigenvalue weighted by Crippen LogP contribution is 2.20. The van der Waals surface area contributed by atoms with Gasteiger partial charge in [-0.2, -0.15) is 0 Å². The number of rotatable bonds is 6. The average molecular weight is 626 g/mol. The lowest BCUT2D eigenvalue weighted by Crippen LogP contribution is -2.59. The average Bonchev–Trinajstić information content (AvgIpc) is 3.04. The van der Waals surface area contributed by atoms with Gasteiger partial charge in [0.25, 0.3) is 5.91 Å². The molecule has 4 rings (SSSR count). The van der Waals surface area contributed by atoms with Crippen LogP contribution in [0, 0.1) is 5.92 Å². The topological polar surface area (TPSA) is 128 Å². The van der Waals surface area contributed by atoms with Crippen molar-refractivity contribution in [3.63, 3.8) is 0 Å². The maximum Gasteiger partial charge on any atom is 0.254 e. The van der Waals surface area contributed by atoms with Gasteiger partial charge < -0.3 is 25.8 Å². The molecule has 0 saturated carbocycles. The van der Waals surface area contributed by atoms with E-state index in [-0.39, 0.29) is 30.0 Å². The Bertz CT molecular complexity index is 1540. The Labute approximate surface area is 270 Å². The third-order valence-corrected chi connectivity index (χ3v) is 8.25. The van der Waals surface area contributed by atoms with Crippen molar-refractivity contribution in [3.8, 4) is 0 Å². The van der Waals surface area contributed by atoms with Crippen LogP contribution in [0.3, 0.4) is 0 Å². The van der Waals surface area contributed by atoms with Crippen LogP contribution in [0.25, 0.3) is 0 Å².